The second kappa shape index (κ2) is 87.5. The number of rotatable bonds is 3. The first kappa shape index (κ1) is 36.1. The van der Waals surface area contributed by atoms with Crippen molar-refractivity contribution in [2.24, 2.45) is 0 Å². The monoisotopic (exact) mass is 260 g/mol. The van der Waals surface area contributed by atoms with Crippen LogP contribution in [0.2, 0.25) is 0 Å². The first-order valence-electron chi connectivity index (χ1n) is 3.43. The molecular formula is C11H12CrO4. The standard InChI is InChI=1S/C7H12.4CO.Cr/c1-4-6-7(3)5-2;4*1-2;/h4,6H,3,5H2,1-2H3;;;;;. The van der Waals surface area contributed by atoms with Gasteiger partial charge in [0.25, 0.3) is 0 Å². The van der Waals surface area contributed by atoms with Gasteiger partial charge in [-0.05, 0) is 32.1 Å². The Hall–Kier alpha value is -0.508. The molecule has 4 radical (unpaired) electrons. The Labute approximate surface area is 109 Å². The predicted octanol–water partition coefficient (Wildman–Crippen LogP) is 2.08. The van der Waals surface area contributed by atoms with Crippen LogP contribution >= 0.6 is 0 Å². The van der Waals surface area contributed by atoms with Gasteiger partial charge in [-0.25, -0.2) is 0 Å². The summed E-state index contributed by atoms with van der Waals surface area (Å²) in [6.45, 7) is 25.9. The van der Waals surface area contributed by atoms with Gasteiger partial charge in [-0.2, -0.15) is 0 Å². The molecule has 0 aromatic carbocycles. The van der Waals surface area contributed by atoms with E-state index in [0.29, 0.717) is 0 Å². The smallest absolute Gasteiger partial charge is 0 e. The Morgan fingerprint density at radius 3 is 1.31 bits per heavy atom. The van der Waals surface area contributed by atoms with E-state index in [0.717, 1.165) is 6.42 Å². The van der Waals surface area contributed by atoms with Crippen LogP contribution in [0, 0.1) is 52.3 Å². The van der Waals surface area contributed by atoms with E-state index in [1.165, 1.54) is 5.92 Å². The van der Waals surface area contributed by atoms with Crippen LogP contribution in [0.1, 0.15) is 20.3 Å². The topological polar surface area (TPSA) is 79.6 Å². The van der Waals surface area contributed by atoms with Crippen LogP contribution in [-0.2, 0) is 36.0 Å². The maximum atomic E-state index is 7.50. The molecule has 0 N–H and O–H groups in total. The van der Waals surface area contributed by atoms with E-state index in [1.54, 1.807) is 0 Å². The van der Waals surface area contributed by atoms with E-state index in [1.807, 2.05) is 19.8 Å². The molecule has 0 rings (SSSR count). The zero-order chi connectivity index (χ0) is 13.7. The summed E-state index contributed by atoms with van der Waals surface area (Å²) in [5.74, 6) is 1.20. The zero-order valence-electron chi connectivity index (χ0n) is 9.11. The Balaban J connectivity index is -0.0000000238. The summed E-state index contributed by atoms with van der Waals surface area (Å²) >= 11 is 0. The third kappa shape index (κ3) is 104. The van der Waals surface area contributed by atoms with Crippen molar-refractivity contribution in [3.05, 3.63) is 52.3 Å². The number of hydrogen-bond acceptors (Lipinski definition) is 0. The maximum Gasteiger partial charge on any atom is 0 e. The van der Waals surface area contributed by atoms with Crippen molar-refractivity contribution < 1.29 is 36.0 Å². The summed E-state index contributed by atoms with van der Waals surface area (Å²) in [4.78, 5) is 0. The van der Waals surface area contributed by atoms with Gasteiger partial charge < -0.3 is 0 Å². The third-order valence-corrected chi connectivity index (χ3v) is 0.856. The molecule has 0 bridgehead atoms. The van der Waals surface area contributed by atoms with E-state index in [-0.39, 0.29) is 17.4 Å². The summed E-state index contributed by atoms with van der Waals surface area (Å²) in [6.07, 6.45) is 5.09. The van der Waals surface area contributed by atoms with Gasteiger partial charge in [0, 0.05) is 17.4 Å². The van der Waals surface area contributed by atoms with Gasteiger partial charge in [-0.1, -0.05) is 13.8 Å². The molecule has 0 aliphatic heterocycles. The van der Waals surface area contributed by atoms with Crippen molar-refractivity contribution in [3.8, 4) is 0 Å². The van der Waals surface area contributed by atoms with Gasteiger partial charge in [-0.15, -0.1) is 0 Å². The SMILES string of the molecule is [C-]#[O+].[C-]#[O+].[C-]#[O+].[C-]#[O+].[CH2][C]([CH][CH]C)CC.[Cr]. The van der Waals surface area contributed by atoms with Crippen LogP contribution < -0.4 is 0 Å². The fraction of sp³-hybridized carbons (Fsp3) is 0.273. The molecule has 0 fully saturated rings. The minimum Gasteiger partial charge on any atom is -0.0648 e. The van der Waals surface area contributed by atoms with Crippen molar-refractivity contribution in [1.29, 1.82) is 0 Å². The van der Waals surface area contributed by atoms with Gasteiger partial charge in [0.05, 0.1) is 0 Å². The zero-order valence-corrected chi connectivity index (χ0v) is 10.4. The van der Waals surface area contributed by atoms with Crippen LogP contribution in [0.4, 0.5) is 0 Å². The van der Waals surface area contributed by atoms with E-state index in [9.17, 15) is 0 Å². The van der Waals surface area contributed by atoms with Crippen LogP contribution in [0.5, 0.6) is 0 Å². The molecule has 16 heavy (non-hydrogen) atoms. The van der Waals surface area contributed by atoms with E-state index in [2.05, 4.69) is 40.4 Å². The second-order valence-electron chi connectivity index (χ2n) is 1.51. The Kier molecular flexibility index (Phi) is 197. The van der Waals surface area contributed by atoms with Crippen LogP contribution in [0.25, 0.3) is 0 Å². The van der Waals surface area contributed by atoms with Crippen molar-refractivity contribution >= 4 is 0 Å². The van der Waals surface area contributed by atoms with Crippen LogP contribution in [0.3, 0.4) is 0 Å². The molecule has 0 aromatic heterocycles. The first-order chi connectivity index (χ1) is 7.31. The molecule has 0 aliphatic rings. The molecule has 0 spiro atoms. The molecule has 0 unspecified atom stereocenters. The minimum absolute atomic E-state index is 0. The molecule has 0 saturated heterocycles. The summed E-state index contributed by atoms with van der Waals surface area (Å²) in [5.41, 5.74) is 0. The van der Waals surface area contributed by atoms with Gasteiger partial charge in [0.15, 0.2) is 0 Å². The molecule has 86 valence electrons. The second-order valence-corrected chi connectivity index (χ2v) is 1.51. The number of hydrogen-bond donors (Lipinski definition) is 0. The summed E-state index contributed by atoms with van der Waals surface area (Å²) in [5, 5.41) is 0. The Morgan fingerprint density at radius 1 is 1.00 bits per heavy atom. The molecule has 5 heteroatoms. The van der Waals surface area contributed by atoms with Crippen molar-refractivity contribution in [2.45, 2.75) is 20.3 Å². The molecule has 0 aromatic rings. The van der Waals surface area contributed by atoms with Gasteiger partial charge in [0.1, 0.15) is 0 Å². The fourth-order valence-electron chi connectivity index (χ4n) is 0.354. The average Bonchev–Trinajstić information content (AvgIpc) is 2.39. The molecule has 0 amide bonds. The van der Waals surface area contributed by atoms with Gasteiger partial charge in [0.2, 0.25) is 0 Å². The third-order valence-electron chi connectivity index (χ3n) is 0.856. The van der Waals surface area contributed by atoms with Crippen molar-refractivity contribution in [2.75, 3.05) is 0 Å². The molecular weight excluding hydrogens is 248 g/mol. The molecule has 0 aliphatic carbocycles. The van der Waals surface area contributed by atoms with E-state index in [4.69, 9.17) is 18.6 Å². The Morgan fingerprint density at radius 2 is 1.25 bits per heavy atom. The predicted molar refractivity (Wildman–Crippen MR) is 48.9 cm³/mol. The molecule has 4 nitrogen and oxygen atoms in total. The van der Waals surface area contributed by atoms with Crippen molar-refractivity contribution in [3.63, 3.8) is 0 Å². The molecule has 0 heterocycles. The van der Waals surface area contributed by atoms with Gasteiger partial charge >= 0.3 is 45.2 Å². The van der Waals surface area contributed by atoms with E-state index >= 15 is 0 Å². The van der Waals surface area contributed by atoms with E-state index < -0.39 is 0 Å². The maximum absolute atomic E-state index is 7.50. The fourth-order valence-corrected chi connectivity index (χ4v) is 0.354. The van der Waals surface area contributed by atoms with Crippen LogP contribution in [0.15, 0.2) is 0 Å². The molecule has 0 atom stereocenters. The summed E-state index contributed by atoms with van der Waals surface area (Å²) in [6, 6.07) is 0. The quantitative estimate of drug-likeness (QED) is 0.550. The minimum atomic E-state index is 0. The molecule has 0 saturated carbocycles. The Bertz CT molecular complexity index is 125. The summed E-state index contributed by atoms with van der Waals surface area (Å²) in [7, 11) is 0. The first-order valence-corrected chi connectivity index (χ1v) is 3.43. The largest absolute Gasteiger partial charge is 0.0648 e. The summed E-state index contributed by atoms with van der Waals surface area (Å²) < 4.78 is 30.0. The average molecular weight is 260 g/mol. The normalized spacial score (nSPS) is 5.00. The van der Waals surface area contributed by atoms with Crippen molar-refractivity contribution in [1.82, 2.24) is 0 Å². The van der Waals surface area contributed by atoms with Crippen LogP contribution in [-0.4, -0.2) is 0 Å². The van der Waals surface area contributed by atoms with Gasteiger partial charge in [-0.3, -0.25) is 0 Å².